The minimum absolute atomic E-state index is 0.0734. The van der Waals surface area contributed by atoms with E-state index in [-0.39, 0.29) is 11.4 Å². The lowest BCUT2D eigenvalue weighted by atomic mass is 10.0. The third-order valence-electron chi connectivity index (χ3n) is 4.82. The summed E-state index contributed by atoms with van der Waals surface area (Å²) in [6, 6.07) is 15.7. The number of halogens is 1. The summed E-state index contributed by atoms with van der Waals surface area (Å²) < 4.78 is 15.9. The Bertz CT molecular complexity index is 1330. The molecule has 2 aromatic carbocycles. The first kappa shape index (κ1) is 20.9. The Hall–Kier alpha value is -4.35. The summed E-state index contributed by atoms with van der Waals surface area (Å²) in [6.07, 6.45) is 2.08. The zero-order chi connectivity index (χ0) is 22.7. The molecule has 0 bridgehead atoms. The van der Waals surface area contributed by atoms with Crippen molar-refractivity contribution in [1.82, 2.24) is 14.8 Å². The SMILES string of the molecule is [C-]#[N+]c1cccc(-n2nc(C)cc2C(=O)Nc2cc(C(O)c3cccnc3)ccc2F)c1. The van der Waals surface area contributed by atoms with Gasteiger partial charge in [0, 0.05) is 18.0 Å². The number of aromatic nitrogens is 3. The van der Waals surface area contributed by atoms with Crippen LogP contribution in [-0.4, -0.2) is 25.8 Å². The third kappa shape index (κ3) is 4.24. The first-order chi connectivity index (χ1) is 15.5. The van der Waals surface area contributed by atoms with E-state index in [0.717, 1.165) is 0 Å². The van der Waals surface area contributed by atoms with Crippen molar-refractivity contribution in [3.63, 3.8) is 0 Å². The zero-order valence-electron chi connectivity index (χ0n) is 17.0. The summed E-state index contributed by atoms with van der Waals surface area (Å²) in [4.78, 5) is 20.4. The van der Waals surface area contributed by atoms with E-state index in [1.54, 1.807) is 55.6 Å². The van der Waals surface area contributed by atoms with Crippen LogP contribution >= 0.6 is 0 Å². The van der Waals surface area contributed by atoms with Crippen LogP contribution in [0.4, 0.5) is 15.8 Å². The molecule has 0 spiro atoms. The maximum absolute atomic E-state index is 14.5. The molecule has 1 atom stereocenters. The number of rotatable bonds is 5. The van der Waals surface area contributed by atoms with Gasteiger partial charge in [0.25, 0.3) is 5.91 Å². The molecule has 0 aliphatic carbocycles. The number of carbonyl (C=O) groups is 1. The van der Waals surface area contributed by atoms with E-state index >= 15 is 0 Å². The molecular formula is C24H18FN5O2. The molecule has 8 heteroatoms. The molecule has 2 heterocycles. The molecular weight excluding hydrogens is 409 g/mol. The standard InChI is InChI=1S/C24H18FN5O2/c1-15-11-22(30(29-15)19-7-3-6-18(13-19)26-2)24(32)28-21-12-16(8-9-20(21)25)23(31)17-5-4-10-27-14-17/h3-14,23,31H,1H3,(H,28,32). The first-order valence-electron chi connectivity index (χ1n) is 9.69. The second-order valence-corrected chi connectivity index (χ2v) is 7.10. The highest BCUT2D eigenvalue weighted by atomic mass is 19.1. The number of hydrogen-bond donors (Lipinski definition) is 2. The highest BCUT2D eigenvalue weighted by molar-refractivity contribution is 6.03. The van der Waals surface area contributed by atoms with Crippen molar-refractivity contribution in [2.45, 2.75) is 13.0 Å². The lowest BCUT2D eigenvalue weighted by Gasteiger charge is -2.14. The monoisotopic (exact) mass is 427 g/mol. The van der Waals surface area contributed by atoms with Crippen molar-refractivity contribution in [3.8, 4) is 5.69 Å². The number of nitrogens with one attached hydrogen (secondary N) is 1. The molecule has 0 saturated heterocycles. The summed E-state index contributed by atoms with van der Waals surface area (Å²) in [5.41, 5.74) is 2.60. The van der Waals surface area contributed by atoms with Gasteiger partial charge < -0.3 is 10.4 Å². The normalized spacial score (nSPS) is 11.6. The molecule has 1 amide bonds. The second-order valence-electron chi connectivity index (χ2n) is 7.10. The van der Waals surface area contributed by atoms with Gasteiger partial charge in [-0.2, -0.15) is 5.10 Å². The van der Waals surface area contributed by atoms with E-state index in [9.17, 15) is 14.3 Å². The minimum atomic E-state index is -1.02. The largest absolute Gasteiger partial charge is 0.384 e. The number of nitrogens with zero attached hydrogens (tertiary/aromatic N) is 4. The summed E-state index contributed by atoms with van der Waals surface area (Å²) in [7, 11) is 0. The first-order valence-corrected chi connectivity index (χ1v) is 9.69. The summed E-state index contributed by atoms with van der Waals surface area (Å²) in [5, 5.41) is 17.5. The Labute approximate surface area is 183 Å². The van der Waals surface area contributed by atoms with Gasteiger partial charge in [-0.15, -0.1) is 0 Å². The molecule has 7 nitrogen and oxygen atoms in total. The molecule has 0 aliphatic heterocycles. The second kappa shape index (κ2) is 8.79. The van der Waals surface area contributed by atoms with Gasteiger partial charge >= 0.3 is 0 Å². The minimum Gasteiger partial charge on any atom is -0.384 e. The van der Waals surface area contributed by atoms with Crippen LogP contribution in [0.2, 0.25) is 0 Å². The van der Waals surface area contributed by atoms with Crippen molar-refractivity contribution in [2.24, 2.45) is 0 Å². The summed E-state index contributed by atoms with van der Waals surface area (Å²) in [6.45, 7) is 8.92. The molecule has 158 valence electrons. The average molecular weight is 427 g/mol. The van der Waals surface area contributed by atoms with Crippen molar-refractivity contribution >= 4 is 17.3 Å². The number of benzene rings is 2. The smallest absolute Gasteiger partial charge is 0.274 e. The van der Waals surface area contributed by atoms with E-state index in [0.29, 0.717) is 28.2 Å². The van der Waals surface area contributed by atoms with E-state index in [2.05, 4.69) is 20.2 Å². The molecule has 2 N–H and O–H groups in total. The average Bonchev–Trinajstić information content (AvgIpc) is 3.22. The fraction of sp³-hybridized carbons (Fsp3) is 0.0833. The van der Waals surface area contributed by atoms with Crippen LogP contribution in [-0.2, 0) is 0 Å². The number of amides is 1. The van der Waals surface area contributed by atoms with E-state index in [4.69, 9.17) is 6.57 Å². The van der Waals surface area contributed by atoms with Crippen LogP contribution in [0.1, 0.15) is 33.4 Å². The van der Waals surface area contributed by atoms with Crippen LogP contribution in [0, 0.1) is 19.3 Å². The highest BCUT2D eigenvalue weighted by Crippen LogP contribution is 2.26. The number of hydrogen-bond acceptors (Lipinski definition) is 4. The number of aryl methyl sites for hydroxylation is 1. The molecule has 0 aliphatic rings. The van der Waals surface area contributed by atoms with Gasteiger partial charge in [0.1, 0.15) is 17.6 Å². The molecule has 0 saturated carbocycles. The lowest BCUT2D eigenvalue weighted by molar-refractivity contribution is 0.101. The molecule has 0 radical (unpaired) electrons. The Kier molecular flexibility index (Phi) is 5.75. The van der Waals surface area contributed by atoms with Gasteiger partial charge in [0.2, 0.25) is 0 Å². The predicted molar refractivity (Wildman–Crippen MR) is 117 cm³/mol. The third-order valence-corrected chi connectivity index (χ3v) is 4.82. The van der Waals surface area contributed by atoms with Gasteiger partial charge in [-0.25, -0.2) is 13.9 Å². The number of aliphatic hydroxyl groups is 1. The van der Waals surface area contributed by atoms with Crippen molar-refractivity contribution in [1.29, 1.82) is 0 Å². The number of anilines is 1. The van der Waals surface area contributed by atoms with E-state index in [1.807, 2.05) is 0 Å². The molecule has 4 rings (SSSR count). The zero-order valence-corrected chi connectivity index (χ0v) is 17.0. The Morgan fingerprint density at radius 2 is 2.00 bits per heavy atom. The molecule has 1 unspecified atom stereocenters. The van der Waals surface area contributed by atoms with Gasteiger partial charge in [0.05, 0.1) is 23.6 Å². The predicted octanol–water partition coefficient (Wildman–Crippen LogP) is 4.60. The van der Waals surface area contributed by atoms with Crippen LogP contribution < -0.4 is 5.32 Å². The van der Waals surface area contributed by atoms with Crippen molar-refractivity contribution in [3.05, 3.63) is 113 Å². The quantitative estimate of drug-likeness (QED) is 0.456. The Morgan fingerprint density at radius 3 is 2.75 bits per heavy atom. The fourth-order valence-corrected chi connectivity index (χ4v) is 3.28. The lowest BCUT2D eigenvalue weighted by Crippen LogP contribution is -2.18. The van der Waals surface area contributed by atoms with E-state index < -0.39 is 17.8 Å². The molecule has 4 aromatic rings. The maximum atomic E-state index is 14.5. The van der Waals surface area contributed by atoms with Crippen LogP contribution in [0.15, 0.2) is 73.1 Å². The van der Waals surface area contributed by atoms with Gasteiger partial charge in [-0.3, -0.25) is 9.78 Å². The summed E-state index contributed by atoms with van der Waals surface area (Å²) in [5.74, 6) is -1.22. The Morgan fingerprint density at radius 1 is 1.16 bits per heavy atom. The molecule has 0 fully saturated rings. The highest BCUT2D eigenvalue weighted by Gasteiger charge is 2.19. The maximum Gasteiger partial charge on any atom is 0.274 e. The fourth-order valence-electron chi connectivity index (χ4n) is 3.28. The van der Waals surface area contributed by atoms with Gasteiger partial charge in [0.15, 0.2) is 5.69 Å². The van der Waals surface area contributed by atoms with Crippen LogP contribution in [0.3, 0.4) is 0 Å². The molecule has 32 heavy (non-hydrogen) atoms. The topological polar surface area (TPSA) is 84.4 Å². The van der Waals surface area contributed by atoms with Gasteiger partial charge in [-0.05, 0) is 48.9 Å². The van der Waals surface area contributed by atoms with E-state index in [1.165, 1.54) is 29.1 Å². The number of pyridine rings is 1. The van der Waals surface area contributed by atoms with Gasteiger partial charge in [-0.1, -0.05) is 24.3 Å². The van der Waals surface area contributed by atoms with Crippen LogP contribution in [0.5, 0.6) is 0 Å². The Balaban J connectivity index is 1.65. The van der Waals surface area contributed by atoms with Crippen LogP contribution in [0.25, 0.3) is 10.5 Å². The number of aliphatic hydroxyl groups excluding tert-OH is 1. The molecule has 2 aromatic heterocycles. The van der Waals surface area contributed by atoms with Crippen molar-refractivity contribution < 1.29 is 14.3 Å². The summed E-state index contributed by atoms with van der Waals surface area (Å²) >= 11 is 0. The van der Waals surface area contributed by atoms with Crippen molar-refractivity contribution in [2.75, 3.05) is 5.32 Å². The number of carbonyl (C=O) groups excluding carboxylic acids is 1.